The number of imidazole rings is 1. The standard InChI is InChI=1S/C17H10N4/c1-2-4-12-11(3-1)14-13(17-16(12)20-9-21-17)6-5-10-7-18-8-19-15(10)14/h1-9H,(H,20,21). The molecule has 0 aliphatic carbocycles. The van der Waals surface area contributed by atoms with Gasteiger partial charge < -0.3 is 4.98 Å². The number of rotatable bonds is 0. The van der Waals surface area contributed by atoms with Crippen LogP contribution in [0.5, 0.6) is 0 Å². The van der Waals surface area contributed by atoms with Gasteiger partial charge in [0.1, 0.15) is 6.33 Å². The molecule has 0 aliphatic heterocycles. The molecule has 21 heavy (non-hydrogen) atoms. The van der Waals surface area contributed by atoms with Gasteiger partial charge in [0.2, 0.25) is 0 Å². The lowest BCUT2D eigenvalue weighted by atomic mass is 9.98. The first kappa shape index (κ1) is 10.7. The molecule has 0 aliphatic rings. The maximum Gasteiger partial charge on any atom is 0.116 e. The normalized spacial score (nSPS) is 11.8. The van der Waals surface area contributed by atoms with Gasteiger partial charge in [0, 0.05) is 27.7 Å². The topological polar surface area (TPSA) is 54.5 Å². The molecule has 4 nitrogen and oxygen atoms in total. The number of aromatic amines is 1. The van der Waals surface area contributed by atoms with Crippen molar-refractivity contribution in [3.8, 4) is 0 Å². The van der Waals surface area contributed by atoms with E-state index in [0.717, 1.165) is 32.7 Å². The van der Waals surface area contributed by atoms with Gasteiger partial charge in [-0.3, -0.25) is 0 Å². The van der Waals surface area contributed by atoms with Crippen molar-refractivity contribution in [2.24, 2.45) is 0 Å². The minimum Gasteiger partial charge on any atom is -0.344 e. The van der Waals surface area contributed by atoms with Crippen LogP contribution < -0.4 is 0 Å². The minimum atomic E-state index is 0.976. The van der Waals surface area contributed by atoms with E-state index in [-0.39, 0.29) is 0 Å². The third-order valence-corrected chi connectivity index (χ3v) is 4.04. The lowest BCUT2D eigenvalue weighted by molar-refractivity contribution is 1.23. The highest BCUT2D eigenvalue weighted by atomic mass is 14.9. The first-order valence-corrected chi connectivity index (χ1v) is 6.80. The van der Waals surface area contributed by atoms with Gasteiger partial charge in [0.05, 0.1) is 22.9 Å². The summed E-state index contributed by atoms with van der Waals surface area (Å²) in [5.41, 5.74) is 3.04. The van der Waals surface area contributed by atoms with E-state index in [4.69, 9.17) is 0 Å². The van der Waals surface area contributed by atoms with Crippen molar-refractivity contribution in [1.82, 2.24) is 19.9 Å². The Morgan fingerprint density at radius 1 is 0.810 bits per heavy atom. The molecule has 0 spiro atoms. The van der Waals surface area contributed by atoms with E-state index in [1.165, 1.54) is 10.8 Å². The molecule has 0 fully saturated rings. The minimum absolute atomic E-state index is 0.976. The fourth-order valence-corrected chi connectivity index (χ4v) is 3.15. The number of H-pyrrole nitrogens is 1. The molecular formula is C17H10N4. The molecule has 3 aromatic carbocycles. The Morgan fingerprint density at radius 3 is 2.67 bits per heavy atom. The van der Waals surface area contributed by atoms with Crippen LogP contribution in [0.15, 0.2) is 55.2 Å². The van der Waals surface area contributed by atoms with Gasteiger partial charge in [0.25, 0.3) is 0 Å². The molecule has 4 heteroatoms. The Balaban J connectivity index is 2.25. The van der Waals surface area contributed by atoms with E-state index in [2.05, 4.69) is 56.3 Å². The summed E-state index contributed by atoms with van der Waals surface area (Å²) >= 11 is 0. The molecule has 5 aromatic rings. The summed E-state index contributed by atoms with van der Waals surface area (Å²) in [6.07, 6.45) is 5.21. The second-order valence-electron chi connectivity index (χ2n) is 5.12. The molecule has 98 valence electrons. The van der Waals surface area contributed by atoms with Crippen LogP contribution in [0, 0.1) is 0 Å². The molecular weight excluding hydrogens is 260 g/mol. The molecule has 0 saturated heterocycles. The third kappa shape index (κ3) is 1.31. The molecule has 1 N–H and O–H groups in total. The second-order valence-corrected chi connectivity index (χ2v) is 5.12. The molecule has 0 bridgehead atoms. The highest BCUT2D eigenvalue weighted by molar-refractivity contribution is 6.29. The summed E-state index contributed by atoms with van der Waals surface area (Å²) in [7, 11) is 0. The van der Waals surface area contributed by atoms with Crippen molar-refractivity contribution < 1.29 is 0 Å². The average Bonchev–Trinajstić information content (AvgIpc) is 3.04. The summed E-state index contributed by atoms with van der Waals surface area (Å²) in [5.74, 6) is 0. The summed E-state index contributed by atoms with van der Waals surface area (Å²) in [6.45, 7) is 0. The maximum atomic E-state index is 4.50. The van der Waals surface area contributed by atoms with E-state index < -0.39 is 0 Å². The van der Waals surface area contributed by atoms with Crippen molar-refractivity contribution in [3.05, 3.63) is 55.2 Å². The second kappa shape index (κ2) is 3.76. The van der Waals surface area contributed by atoms with Crippen LogP contribution >= 0.6 is 0 Å². The molecule has 0 unspecified atom stereocenters. The van der Waals surface area contributed by atoms with Gasteiger partial charge in [-0.15, -0.1) is 0 Å². The number of hydrogen-bond acceptors (Lipinski definition) is 3. The Kier molecular flexibility index (Phi) is 1.92. The number of fused-ring (bicyclic) bond motifs is 8. The van der Waals surface area contributed by atoms with E-state index in [1.54, 1.807) is 12.7 Å². The van der Waals surface area contributed by atoms with Gasteiger partial charge in [-0.2, -0.15) is 0 Å². The highest BCUT2D eigenvalue weighted by Gasteiger charge is 2.12. The monoisotopic (exact) mass is 270 g/mol. The number of aromatic nitrogens is 4. The average molecular weight is 270 g/mol. The van der Waals surface area contributed by atoms with Gasteiger partial charge in [-0.05, 0) is 5.39 Å². The Labute approximate surface area is 119 Å². The van der Waals surface area contributed by atoms with Crippen LogP contribution in [0.4, 0.5) is 0 Å². The van der Waals surface area contributed by atoms with Crippen LogP contribution in [-0.4, -0.2) is 19.9 Å². The summed E-state index contributed by atoms with van der Waals surface area (Å²) in [6, 6.07) is 12.5. The number of nitrogens with one attached hydrogen (secondary N) is 1. The fraction of sp³-hybridized carbons (Fsp3) is 0. The molecule has 2 heterocycles. The van der Waals surface area contributed by atoms with E-state index in [0.29, 0.717) is 0 Å². The predicted octanol–water partition coefficient (Wildman–Crippen LogP) is 3.81. The molecule has 0 saturated carbocycles. The highest BCUT2D eigenvalue weighted by Crippen LogP contribution is 2.36. The SMILES string of the molecule is c1ccc2c(c1)c1[nH]cnc1c1ccc3cncnc3c21. The van der Waals surface area contributed by atoms with Gasteiger partial charge in [0.15, 0.2) is 0 Å². The lowest BCUT2D eigenvalue weighted by Crippen LogP contribution is -1.87. The van der Waals surface area contributed by atoms with Crippen LogP contribution in [0.3, 0.4) is 0 Å². The fourth-order valence-electron chi connectivity index (χ4n) is 3.15. The van der Waals surface area contributed by atoms with Crippen molar-refractivity contribution in [3.63, 3.8) is 0 Å². The molecule has 0 radical (unpaired) electrons. The number of benzene rings is 3. The summed E-state index contributed by atoms with van der Waals surface area (Å²) in [5, 5.41) is 5.67. The molecule has 5 rings (SSSR count). The predicted molar refractivity (Wildman–Crippen MR) is 84.2 cm³/mol. The number of nitrogens with zero attached hydrogens (tertiary/aromatic N) is 3. The smallest absolute Gasteiger partial charge is 0.116 e. The van der Waals surface area contributed by atoms with E-state index in [9.17, 15) is 0 Å². The van der Waals surface area contributed by atoms with E-state index in [1.807, 2.05) is 6.20 Å². The molecule has 0 amide bonds. The Morgan fingerprint density at radius 2 is 1.71 bits per heavy atom. The zero-order chi connectivity index (χ0) is 13.8. The van der Waals surface area contributed by atoms with Crippen LogP contribution in [0.25, 0.3) is 43.5 Å². The van der Waals surface area contributed by atoms with Crippen molar-refractivity contribution in [2.45, 2.75) is 0 Å². The number of hydrogen-bond donors (Lipinski definition) is 1. The largest absolute Gasteiger partial charge is 0.344 e. The first-order valence-electron chi connectivity index (χ1n) is 6.80. The van der Waals surface area contributed by atoms with Crippen molar-refractivity contribution >= 4 is 43.5 Å². The Hall–Kier alpha value is -3.01. The van der Waals surface area contributed by atoms with Crippen molar-refractivity contribution in [2.75, 3.05) is 0 Å². The van der Waals surface area contributed by atoms with Crippen LogP contribution in [0.1, 0.15) is 0 Å². The summed E-state index contributed by atoms with van der Waals surface area (Å²) < 4.78 is 0. The zero-order valence-corrected chi connectivity index (χ0v) is 11.0. The lowest BCUT2D eigenvalue weighted by Gasteiger charge is -2.08. The Bertz CT molecular complexity index is 1140. The van der Waals surface area contributed by atoms with Gasteiger partial charge >= 0.3 is 0 Å². The van der Waals surface area contributed by atoms with Crippen LogP contribution in [-0.2, 0) is 0 Å². The van der Waals surface area contributed by atoms with Gasteiger partial charge in [-0.25, -0.2) is 15.0 Å². The van der Waals surface area contributed by atoms with Gasteiger partial charge in [-0.1, -0.05) is 36.4 Å². The summed E-state index contributed by atoms with van der Waals surface area (Å²) in [4.78, 5) is 16.4. The van der Waals surface area contributed by atoms with E-state index >= 15 is 0 Å². The first-order chi connectivity index (χ1) is 10.4. The van der Waals surface area contributed by atoms with Crippen LogP contribution in [0.2, 0.25) is 0 Å². The molecule has 2 aromatic heterocycles. The molecule has 0 atom stereocenters. The third-order valence-electron chi connectivity index (χ3n) is 4.04. The maximum absolute atomic E-state index is 4.50. The quantitative estimate of drug-likeness (QED) is 0.435. The van der Waals surface area contributed by atoms with Crippen molar-refractivity contribution in [1.29, 1.82) is 0 Å². The zero-order valence-electron chi connectivity index (χ0n) is 11.0.